The number of aliphatic hydroxyl groups is 1. The number of nitrogen functional groups attached to an aromatic ring is 1. The standard InChI is InChI=1S/C12H18BrN3O2/c1-8-9(14)6-15-11(10(8)13)16-7-12(17)2-4-18-5-3-12/h6,17H,2-5,7,14H2,1H3,(H,15,16). The first-order chi connectivity index (χ1) is 8.52. The van der Waals surface area contributed by atoms with Crippen LogP contribution in [0.25, 0.3) is 0 Å². The lowest BCUT2D eigenvalue weighted by molar-refractivity contribution is -0.0543. The van der Waals surface area contributed by atoms with Crippen LogP contribution in [0.15, 0.2) is 10.7 Å². The number of halogens is 1. The number of nitrogens with one attached hydrogen (secondary N) is 1. The van der Waals surface area contributed by atoms with Gasteiger partial charge >= 0.3 is 0 Å². The highest BCUT2D eigenvalue weighted by Crippen LogP contribution is 2.29. The molecule has 5 nitrogen and oxygen atoms in total. The molecule has 0 bridgehead atoms. The van der Waals surface area contributed by atoms with Gasteiger partial charge in [-0.2, -0.15) is 0 Å². The average molecular weight is 316 g/mol. The monoisotopic (exact) mass is 315 g/mol. The highest BCUT2D eigenvalue weighted by molar-refractivity contribution is 9.10. The molecule has 0 unspecified atom stereocenters. The molecule has 6 heteroatoms. The fourth-order valence-corrected chi connectivity index (χ4v) is 2.36. The van der Waals surface area contributed by atoms with Gasteiger partial charge in [0.15, 0.2) is 0 Å². The van der Waals surface area contributed by atoms with E-state index in [1.807, 2.05) is 6.92 Å². The molecule has 0 atom stereocenters. The molecule has 1 aromatic rings. The minimum Gasteiger partial charge on any atom is -0.397 e. The third-order valence-corrected chi connectivity index (χ3v) is 4.28. The lowest BCUT2D eigenvalue weighted by Gasteiger charge is -2.32. The van der Waals surface area contributed by atoms with Crippen LogP contribution in [0.2, 0.25) is 0 Å². The summed E-state index contributed by atoms with van der Waals surface area (Å²) in [7, 11) is 0. The summed E-state index contributed by atoms with van der Waals surface area (Å²) in [6.45, 7) is 3.60. The van der Waals surface area contributed by atoms with E-state index in [1.165, 1.54) is 0 Å². The van der Waals surface area contributed by atoms with Gasteiger partial charge in [0.05, 0.1) is 22.0 Å². The van der Waals surface area contributed by atoms with Gasteiger partial charge in [-0.15, -0.1) is 0 Å². The molecule has 100 valence electrons. The Bertz CT molecular complexity index is 434. The minimum atomic E-state index is -0.714. The molecule has 0 amide bonds. The van der Waals surface area contributed by atoms with Gasteiger partial charge < -0.3 is 20.9 Å². The topological polar surface area (TPSA) is 80.4 Å². The summed E-state index contributed by atoms with van der Waals surface area (Å²) in [5, 5.41) is 13.5. The average Bonchev–Trinajstić information content (AvgIpc) is 2.36. The number of pyridine rings is 1. The fraction of sp³-hybridized carbons (Fsp3) is 0.583. The van der Waals surface area contributed by atoms with Gasteiger partial charge in [0.2, 0.25) is 0 Å². The summed E-state index contributed by atoms with van der Waals surface area (Å²) in [5.41, 5.74) is 6.66. The maximum absolute atomic E-state index is 10.3. The summed E-state index contributed by atoms with van der Waals surface area (Å²) in [6.07, 6.45) is 2.91. The number of anilines is 2. The van der Waals surface area contributed by atoms with Crippen molar-refractivity contribution in [3.05, 3.63) is 16.2 Å². The first-order valence-corrected chi connectivity index (χ1v) is 6.76. The largest absolute Gasteiger partial charge is 0.397 e. The van der Waals surface area contributed by atoms with E-state index >= 15 is 0 Å². The summed E-state index contributed by atoms with van der Waals surface area (Å²) in [4.78, 5) is 4.23. The molecule has 1 aliphatic rings. The number of hydrogen-bond donors (Lipinski definition) is 3. The summed E-state index contributed by atoms with van der Waals surface area (Å²) in [5.74, 6) is 0.710. The third kappa shape index (κ3) is 2.93. The van der Waals surface area contributed by atoms with E-state index in [1.54, 1.807) is 6.20 Å². The van der Waals surface area contributed by atoms with E-state index in [-0.39, 0.29) is 0 Å². The zero-order valence-electron chi connectivity index (χ0n) is 10.4. The fourth-order valence-electron chi connectivity index (χ4n) is 1.89. The molecular weight excluding hydrogens is 298 g/mol. The van der Waals surface area contributed by atoms with Gasteiger partial charge in [-0.25, -0.2) is 4.98 Å². The van der Waals surface area contributed by atoms with E-state index in [2.05, 4.69) is 26.2 Å². The molecule has 1 fully saturated rings. The van der Waals surface area contributed by atoms with Crippen molar-refractivity contribution in [3.63, 3.8) is 0 Å². The van der Waals surface area contributed by atoms with Crippen LogP contribution in [-0.4, -0.2) is 35.5 Å². The maximum Gasteiger partial charge on any atom is 0.140 e. The van der Waals surface area contributed by atoms with Crippen molar-refractivity contribution in [2.24, 2.45) is 0 Å². The van der Waals surface area contributed by atoms with Gasteiger partial charge in [-0.3, -0.25) is 0 Å². The van der Waals surface area contributed by atoms with Crippen molar-refractivity contribution < 1.29 is 9.84 Å². The predicted octanol–water partition coefficient (Wildman–Crippen LogP) is 1.69. The van der Waals surface area contributed by atoms with E-state index < -0.39 is 5.60 Å². The molecule has 0 spiro atoms. The molecule has 0 radical (unpaired) electrons. The Balaban J connectivity index is 2.04. The number of hydrogen-bond acceptors (Lipinski definition) is 5. The molecule has 1 aromatic heterocycles. The van der Waals surface area contributed by atoms with E-state index in [9.17, 15) is 5.11 Å². The highest BCUT2D eigenvalue weighted by atomic mass is 79.9. The molecule has 4 N–H and O–H groups in total. The van der Waals surface area contributed by atoms with Crippen LogP contribution in [-0.2, 0) is 4.74 Å². The number of nitrogens with two attached hydrogens (primary N) is 1. The van der Waals surface area contributed by atoms with Crippen LogP contribution in [0.3, 0.4) is 0 Å². The van der Waals surface area contributed by atoms with E-state index in [0.29, 0.717) is 44.1 Å². The molecule has 2 heterocycles. The first kappa shape index (κ1) is 13.6. The Kier molecular flexibility index (Phi) is 4.09. The SMILES string of the molecule is Cc1c(N)cnc(NCC2(O)CCOCC2)c1Br. The number of nitrogens with zero attached hydrogens (tertiary/aromatic N) is 1. The van der Waals surface area contributed by atoms with Crippen LogP contribution < -0.4 is 11.1 Å². The smallest absolute Gasteiger partial charge is 0.140 e. The van der Waals surface area contributed by atoms with Crippen LogP contribution in [0.4, 0.5) is 11.5 Å². The molecule has 2 rings (SSSR count). The molecule has 1 saturated heterocycles. The Hall–Kier alpha value is -0.850. The maximum atomic E-state index is 10.3. The Labute approximate surface area is 115 Å². The zero-order valence-corrected chi connectivity index (χ0v) is 12.0. The van der Waals surface area contributed by atoms with Crippen molar-refractivity contribution in [2.75, 3.05) is 30.8 Å². The summed E-state index contributed by atoms with van der Waals surface area (Å²) < 4.78 is 6.09. The molecule has 0 saturated carbocycles. The Morgan fingerprint density at radius 1 is 1.56 bits per heavy atom. The quantitative estimate of drug-likeness (QED) is 0.791. The van der Waals surface area contributed by atoms with Crippen LogP contribution in [0, 0.1) is 6.92 Å². The highest BCUT2D eigenvalue weighted by Gasteiger charge is 2.29. The summed E-state index contributed by atoms with van der Waals surface area (Å²) >= 11 is 3.46. The second-order valence-electron chi connectivity index (χ2n) is 4.69. The van der Waals surface area contributed by atoms with Gasteiger partial charge in [0.25, 0.3) is 0 Å². The lowest BCUT2D eigenvalue weighted by Crippen LogP contribution is -2.42. The van der Waals surface area contributed by atoms with E-state index in [4.69, 9.17) is 10.5 Å². The van der Waals surface area contributed by atoms with Crippen molar-refractivity contribution in [2.45, 2.75) is 25.4 Å². The normalized spacial score (nSPS) is 18.6. The van der Waals surface area contributed by atoms with Gasteiger partial charge in [0, 0.05) is 32.6 Å². The first-order valence-electron chi connectivity index (χ1n) is 5.96. The van der Waals surface area contributed by atoms with Crippen LogP contribution >= 0.6 is 15.9 Å². The molecule has 0 aromatic carbocycles. The Morgan fingerprint density at radius 3 is 2.89 bits per heavy atom. The van der Waals surface area contributed by atoms with Crippen molar-refractivity contribution in [1.82, 2.24) is 4.98 Å². The molecule has 1 aliphatic heterocycles. The Morgan fingerprint density at radius 2 is 2.22 bits per heavy atom. The number of rotatable bonds is 3. The van der Waals surface area contributed by atoms with Crippen molar-refractivity contribution in [3.8, 4) is 0 Å². The summed E-state index contributed by atoms with van der Waals surface area (Å²) in [6, 6.07) is 0. The van der Waals surface area contributed by atoms with Crippen LogP contribution in [0.5, 0.6) is 0 Å². The van der Waals surface area contributed by atoms with Gasteiger partial charge in [-0.05, 0) is 28.4 Å². The number of ether oxygens (including phenoxy) is 1. The second kappa shape index (κ2) is 5.42. The molecule has 18 heavy (non-hydrogen) atoms. The molecule has 0 aliphatic carbocycles. The minimum absolute atomic E-state index is 0.464. The van der Waals surface area contributed by atoms with E-state index in [0.717, 1.165) is 10.0 Å². The molecular formula is C12H18BrN3O2. The second-order valence-corrected chi connectivity index (χ2v) is 5.48. The van der Waals surface area contributed by atoms with Crippen molar-refractivity contribution >= 4 is 27.4 Å². The third-order valence-electron chi connectivity index (χ3n) is 3.31. The van der Waals surface area contributed by atoms with Crippen LogP contribution in [0.1, 0.15) is 18.4 Å². The lowest BCUT2D eigenvalue weighted by atomic mass is 9.94. The van der Waals surface area contributed by atoms with Gasteiger partial charge in [-0.1, -0.05) is 0 Å². The number of aromatic nitrogens is 1. The predicted molar refractivity (Wildman–Crippen MR) is 74.6 cm³/mol. The van der Waals surface area contributed by atoms with Gasteiger partial charge in [0.1, 0.15) is 5.82 Å². The zero-order chi connectivity index (χ0) is 13.2. The van der Waals surface area contributed by atoms with Crippen molar-refractivity contribution in [1.29, 1.82) is 0 Å².